The second-order valence-corrected chi connectivity index (χ2v) is 9.86. The van der Waals surface area contributed by atoms with Gasteiger partial charge in [-0.25, -0.2) is 8.42 Å². The first kappa shape index (κ1) is 21.3. The number of aromatic nitrogens is 2. The second kappa shape index (κ2) is 8.41. The van der Waals surface area contributed by atoms with Gasteiger partial charge in [0.05, 0.1) is 12.3 Å². The van der Waals surface area contributed by atoms with Crippen molar-refractivity contribution in [2.45, 2.75) is 11.8 Å². The highest BCUT2D eigenvalue weighted by Gasteiger charge is 2.29. The van der Waals surface area contributed by atoms with Gasteiger partial charge in [0.2, 0.25) is 12.6 Å². The van der Waals surface area contributed by atoms with Crippen molar-refractivity contribution in [3.63, 3.8) is 0 Å². The number of fused-ring (bicyclic) bond motifs is 1. The van der Waals surface area contributed by atoms with Gasteiger partial charge in [-0.1, -0.05) is 5.16 Å². The molecule has 0 atom stereocenters. The minimum Gasteiger partial charge on any atom is -0.494 e. The summed E-state index contributed by atoms with van der Waals surface area (Å²) in [6.45, 7) is 2.59. The number of sulfonamides is 1. The number of benzene rings is 2. The monoisotopic (exact) mass is 485 g/mol. The summed E-state index contributed by atoms with van der Waals surface area (Å²) in [4.78, 5) is 4.87. The molecule has 1 aliphatic heterocycles. The second-order valence-electron chi connectivity index (χ2n) is 7.00. The minimum absolute atomic E-state index is 0.0783. The number of hydrogen-bond acceptors (Lipinski definition) is 9. The lowest BCUT2D eigenvalue weighted by molar-refractivity contribution is 0.174. The number of thiophene rings is 1. The molecule has 4 aromatic rings. The fourth-order valence-corrected chi connectivity index (χ4v) is 5.83. The highest BCUT2D eigenvalue weighted by atomic mass is 32.2. The molecule has 9 nitrogen and oxygen atoms in total. The summed E-state index contributed by atoms with van der Waals surface area (Å²) in [5, 5.41) is 5.70. The topological polar surface area (TPSA) is 104 Å². The minimum atomic E-state index is -3.91. The van der Waals surface area contributed by atoms with Crippen molar-refractivity contribution >= 4 is 27.0 Å². The molecule has 2 aromatic heterocycles. The van der Waals surface area contributed by atoms with Crippen LogP contribution in [0.15, 0.2) is 63.3 Å². The van der Waals surface area contributed by atoms with Crippen LogP contribution in [-0.2, 0) is 10.0 Å². The number of rotatable bonds is 7. The SMILES string of the molecule is CCOc1ccc(-c2noc(-c3sccc3S(=O)(=O)N(C)c3ccc4c(c3)OCO4)n2)cc1. The number of nitrogens with zero attached hydrogens (tertiary/aromatic N) is 3. The van der Waals surface area contributed by atoms with Crippen LogP contribution in [0.2, 0.25) is 0 Å². The van der Waals surface area contributed by atoms with E-state index >= 15 is 0 Å². The first-order valence-corrected chi connectivity index (χ1v) is 12.3. The zero-order valence-corrected chi connectivity index (χ0v) is 19.4. The third-order valence-corrected chi connectivity index (χ3v) is 7.89. The van der Waals surface area contributed by atoms with Crippen LogP contribution in [0.5, 0.6) is 17.2 Å². The molecule has 170 valence electrons. The van der Waals surface area contributed by atoms with Crippen LogP contribution < -0.4 is 18.5 Å². The van der Waals surface area contributed by atoms with Crippen molar-refractivity contribution in [2.75, 3.05) is 24.8 Å². The zero-order chi connectivity index (χ0) is 23.0. The first-order valence-electron chi connectivity index (χ1n) is 10.0. The van der Waals surface area contributed by atoms with Crippen molar-refractivity contribution in [1.82, 2.24) is 10.1 Å². The summed E-state index contributed by atoms with van der Waals surface area (Å²) >= 11 is 1.21. The summed E-state index contributed by atoms with van der Waals surface area (Å²) < 4.78 is 49.6. The highest BCUT2D eigenvalue weighted by molar-refractivity contribution is 7.93. The molecule has 0 unspecified atom stereocenters. The maximum atomic E-state index is 13.4. The van der Waals surface area contributed by atoms with E-state index in [4.69, 9.17) is 18.7 Å². The lowest BCUT2D eigenvalue weighted by Gasteiger charge is -2.19. The fraction of sp³-hybridized carbons (Fsp3) is 0.182. The molecule has 11 heteroatoms. The van der Waals surface area contributed by atoms with Gasteiger partial charge < -0.3 is 18.7 Å². The van der Waals surface area contributed by atoms with Gasteiger partial charge >= 0.3 is 0 Å². The molecule has 0 saturated carbocycles. The van der Waals surface area contributed by atoms with Gasteiger partial charge in [0.15, 0.2) is 11.5 Å². The lowest BCUT2D eigenvalue weighted by Crippen LogP contribution is -2.26. The first-order chi connectivity index (χ1) is 16.0. The zero-order valence-electron chi connectivity index (χ0n) is 17.7. The van der Waals surface area contributed by atoms with Gasteiger partial charge in [-0.15, -0.1) is 11.3 Å². The van der Waals surface area contributed by atoms with Crippen molar-refractivity contribution in [3.05, 3.63) is 53.9 Å². The van der Waals surface area contributed by atoms with E-state index < -0.39 is 10.0 Å². The molecular formula is C22H19N3O6S2. The van der Waals surface area contributed by atoms with E-state index in [1.54, 1.807) is 23.6 Å². The van der Waals surface area contributed by atoms with Crippen LogP contribution in [-0.4, -0.2) is 39.0 Å². The molecule has 0 spiro atoms. The van der Waals surface area contributed by atoms with E-state index in [1.165, 1.54) is 28.8 Å². The van der Waals surface area contributed by atoms with Gasteiger partial charge in [-0.05, 0) is 54.8 Å². The van der Waals surface area contributed by atoms with E-state index in [1.807, 2.05) is 31.2 Å². The van der Waals surface area contributed by atoms with E-state index in [0.29, 0.717) is 34.5 Å². The van der Waals surface area contributed by atoms with Crippen molar-refractivity contribution in [2.24, 2.45) is 0 Å². The maximum Gasteiger partial charge on any atom is 0.269 e. The van der Waals surface area contributed by atoms with Gasteiger partial charge in [-0.2, -0.15) is 4.98 Å². The van der Waals surface area contributed by atoms with Gasteiger partial charge in [0.1, 0.15) is 15.5 Å². The Morgan fingerprint density at radius 1 is 1.09 bits per heavy atom. The molecule has 0 amide bonds. The largest absolute Gasteiger partial charge is 0.494 e. The molecule has 0 N–H and O–H groups in total. The summed E-state index contributed by atoms with van der Waals surface area (Å²) in [5.41, 5.74) is 1.17. The molecule has 0 saturated heterocycles. The molecule has 0 aliphatic carbocycles. The summed E-state index contributed by atoms with van der Waals surface area (Å²) in [6, 6.07) is 13.8. The fourth-order valence-electron chi connectivity index (χ4n) is 3.32. The van der Waals surface area contributed by atoms with Crippen LogP contribution in [0.25, 0.3) is 22.2 Å². The molecule has 0 bridgehead atoms. The van der Waals surface area contributed by atoms with Gasteiger partial charge in [-0.3, -0.25) is 4.31 Å². The molecular weight excluding hydrogens is 466 g/mol. The number of anilines is 1. The Balaban J connectivity index is 1.44. The molecule has 5 rings (SSSR count). The lowest BCUT2D eigenvalue weighted by atomic mass is 10.2. The summed E-state index contributed by atoms with van der Waals surface area (Å²) in [5.74, 6) is 2.30. The maximum absolute atomic E-state index is 13.4. The Kier molecular flexibility index (Phi) is 5.43. The molecule has 0 radical (unpaired) electrons. The average molecular weight is 486 g/mol. The molecule has 3 heterocycles. The Bertz CT molecular complexity index is 1400. The Hall–Kier alpha value is -3.57. The van der Waals surface area contributed by atoms with Crippen LogP contribution >= 0.6 is 11.3 Å². The Morgan fingerprint density at radius 2 is 1.88 bits per heavy atom. The third kappa shape index (κ3) is 3.89. The van der Waals surface area contributed by atoms with Crippen LogP contribution in [0.3, 0.4) is 0 Å². The van der Waals surface area contributed by atoms with Gasteiger partial charge in [0.25, 0.3) is 15.9 Å². The highest BCUT2D eigenvalue weighted by Crippen LogP contribution is 2.39. The van der Waals surface area contributed by atoms with E-state index in [0.717, 1.165) is 11.3 Å². The number of ether oxygens (including phenoxy) is 3. The van der Waals surface area contributed by atoms with Crippen molar-refractivity contribution in [1.29, 1.82) is 0 Å². The Labute approximate surface area is 194 Å². The van der Waals surface area contributed by atoms with E-state index in [9.17, 15) is 8.42 Å². The summed E-state index contributed by atoms with van der Waals surface area (Å²) in [6.07, 6.45) is 0. The van der Waals surface area contributed by atoms with Crippen LogP contribution in [0.4, 0.5) is 5.69 Å². The predicted molar refractivity (Wildman–Crippen MR) is 122 cm³/mol. The average Bonchev–Trinajstić information content (AvgIpc) is 3.59. The standard InChI is InChI=1S/C22H19N3O6S2/c1-3-28-16-7-4-14(5-8-16)21-23-22(31-24-21)20-19(10-11-32-20)33(26,27)25(2)15-6-9-17-18(12-15)30-13-29-17/h4-12H,3,13H2,1-2H3. The number of hydrogen-bond donors (Lipinski definition) is 0. The normalized spacial score (nSPS) is 12.7. The van der Waals surface area contributed by atoms with Crippen molar-refractivity contribution < 1.29 is 27.2 Å². The van der Waals surface area contributed by atoms with Crippen LogP contribution in [0.1, 0.15) is 6.92 Å². The molecule has 1 aliphatic rings. The third-order valence-electron chi connectivity index (χ3n) is 5.03. The molecule has 0 fully saturated rings. The molecule has 33 heavy (non-hydrogen) atoms. The summed E-state index contributed by atoms with van der Waals surface area (Å²) in [7, 11) is -2.43. The van der Waals surface area contributed by atoms with Crippen LogP contribution in [0, 0.1) is 0 Å². The van der Waals surface area contributed by atoms with Crippen molar-refractivity contribution in [3.8, 4) is 39.4 Å². The molecule has 2 aromatic carbocycles. The van der Waals surface area contributed by atoms with E-state index in [-0.39, 0.29) is 17.6 Å². The van der Waals surface area contributed by atoms with E-state index in [2.05, 4.69) is 10.1 Å². The van der Waals surface area contributed by atoms with Gasteiger partial charge in [0, 0.05) is 18.7 Å². The predicted octanol–water partition coefficient (Wildman–Crippen LogP) is 4.42. The Morgan fingerprint density at radius 3 is 2.67 bits per heavy atom. The smallest absolute Gasteiger partial charge is 0.269 e. The quantitative estimate of drug-likeness (QED) is 0.379.